The highest BCUT2D eigenvalue weighted by atomic mass is 16.2. The van der Waals surface area contributed by atoms with Crippen molar-refractivity contribution < 1.29 is 4.79 Å². The van der Waals surface area contributed by atoms with E-state index in [1.807, 2.05) is 4.90 Å². The van der Waals surface area contributed by atoms with E-state index in [0.717, 1.165) is 13.1 Å². The van der Waals surface area contributed by atoms with Crippen molar-refractivity contribution in [2.75, 3.05) is 27.2 Å². The zero-order chi connectivity index (χ0) is 10.9. The second-order valence-corrected chi connectivity index (χ2v) is 4.54. The van der Waals surface area contributed by atoms with Crippen LogP contribution < -0.4 is 5.73 Å². The van der Waals surface area contributed by atoms with E-state index in [4.69, 9.17) is 5.73 Å². The van der Waals surface area contributed by atoms with Gasteiger partial charge in [-0.2, -0.15) is 0 Å². The number of likely N-dealkylation sites (N-methyl/N-ethyl adjacent to an activating group) is 1. The van der Waals surface area contributed by atoms with Crippen molar-refractivity contribution in [3.05, 3.63) is 0 Å². The van der Waals surface area contributed by atoms with Gasteiger partial charge < -0.3 is 15.5 Å². The molecule has 1 amide bonds. The molecule has 3 unspecified atom stereocenters. The number of likely N-dealkylation sites (tertiary alicyclic amines) is 1. The van der Waals surface area contributed by atoms with Crippen LogP contribution in [0.2, 0.25) is 0 Å². The summed E-state index contributed by atoms with van der Waals surface area (Å²) in [7, 11) is 4.11. The minimum Gasteiger partial charge on any atom is -0.339 e. The van der Waals surface area contributed by atoms with Gasteiger partial charge in [0.1, 0.15) is 0 Å². The lowest BCUT2D eigenvalue weighted by Crippen LogP contribution is -2.42. The summed E-state index contributed by atoms with van der Waals surface area (Å²) in [5.74, 6) is 0.605. The predicted molar refractivity (Wildman–Crippen MR) is 56.9 cm³/mol. The highest BCUT2D eigenvalue weighted by molar-refractivity contribution is 5.81. The maximum atomic E-state index is 11.6. The lowest BCUT2D eigenvalue weighted by atomic mass is 10.1. The molecule has 1 rings (SSSR count). The maximum absolute atomic E-state index is 11.6. The summed E-state index contributed by atoms with van der Waals surface area (Å²) in [4.78, 5) is 15.7. The minimum absolute atomic E-state index is 0.0706. The Bertz CT molecular complexity index is 215. The van der Waals surface area contributed by atoms with Crippen molar-refractivity contribution in [1.82, 2.24) is 9.80 Å². The van der Waals surface area contributed by atoms with Gasteiger partial charge in [0, 0.05) is 19.1 Å². The normalized spacial score (nSPS) is 29.7. The Balaban J connectivity index is 2.59. The van der Waals surface area contributed by atoms with Crippen LogP contribution in [-0.2, 0) is 4.79 Å². The second-order valence-electron chi connectivity index (χ2n) is 4.54. The quantitative estimate of drug-likeness (QED) is 0.667. The van der Waals surface area contributed by atoms with Crippen molar-refractivity contribution in [1.29, 1.82) is 0 Å². The Morgan fingerprint density at radius 1 is 1.50 bits per heavy atom. The Morgan fingerprint density at radius 2 is 2.07 bits per heavy atom. The molecule has 4 nitrogen and oxygen atoms in total. The van der Waals surface area contributed by atoms with Crippen LogP contribution in [-0.4, -0.2) is 55.0 Å². The number of carbonyl (C=O) groups excluding carboxylic acids is 1. The predicted octanol–water partition coefficient (Wildman–Crippen LogP) is -0.258. The lowest BCUT2D eigenvalue weighted by Gasteiger charge is -2.22. The molecule has 82 valence electrons. The number of nitrogens with zero attached hydrogens (tertiary/aromatic N) is 2. The SMILES string of the molecule is CC(N)C(=O)N1CC(C)C(N(C)C)C1. The maximum Gasteiger partial charge on any atom is 0.239 e. The highest BCUT2D eigenvalue weighted by Crippen LogP contribution is 2.20. The van der Waals surface area contributed by atoms with Crippen LogP contribution in [0.25, 0.3) is 0 Å². The molecule has 4 heteroatoms. The van der Waals surface area contributed by atoms with Gasteiger partial charge in [-0.15, -0.1) is 0 Å². The van der Waals surface area contributed by atoms with Crippen molar-refractivity contribution >= 4 is 5.91 Å². The molecule has 0 aromatic heterocycles. The molecule has 0 spiro atoms. The van der Waals surface area contributed by atoms with E-state index in [1.165, 1.54) is 0 Å². The van der Waals surface area contributed by atoms with Gasteiger partial charge in [0.05, 0.1) is 6.04 Å². The largest absolute Gasteiger partial charge is 0.339 e. The molecular weight excluding hydrogens is 178 g/mol. The minimum atomic E-state index is -0.372. The molecule has 0 aromatic carbocycles. The average Bonchev–Trinajstić information content (AvgIpc) is 2.45. The molecular formula is C10H21N3O. The highest BCUT2D eigenvalue weighted by Gasteiger charge is 2.34. The standard InChI is InChI=1S/C10H21N3O/c1-7-5-13(10(14)8(2)11)6-9(7)12(3)4/h7-9H,5-6,11H2,1-4H3. The second kappa shape index (κ2) is 4.28. The smallest absolute Gasteiger partial charge is 0.239 e. The molecule has 0 saturated carbocycles. The summed E-state index contributed by atoms with van der Waals surface area (Å²) in [5.41, 5.74) is 5.58. The molecule has 0 aliphatic carbocycles. The Hall–Kier alpha value is -0.610. The number of amides is 1. The molecule has 1 saturated heterocycles. The Kier molecular flexibility index (Phi) is 3.50. The van der Waals surface area contributed by atoms with Crippen LogP contribution in [0.1, 0.15) is 13.8 Å². The summed E-state index contributed by atoms with van der Waals surface area (Å²) in [6.07, 6.45) is 0. The van der Waals surface area contributed by atoms with Crippen LogP contribution >= 0.6 is 0 Å². The molecule has 1 heterocycles. The summed E-state index contributed by atoms with van der Waals surface area (Å²) < 4.78 is 0. The Labute approximate surface area is 86.0 Å². The van der Waals surface area contributed by atoms with Crippen molar-refractivity contribution in [3.63, 3.8) is 0 Å². The van der Waals surface area contributed by atoms with E-state index in [2.05, 4.69) is 25.9 Å². The molecule has 0 bridgehead atoms. The third-order valence-corrected chi connectivity index (χ3v) is 2.94. The topological polar surface area (TPSA) is 49.6 Å². The molecule has 1 aliphatic rings. The number of hydrogen-bond donors (Lipinski definition) is 1. The number of hydrogen-bond acceptors (Lipinski definition) is 3. The average molecular weight is 199 g/mol. The number of nitrogens with two attached hydrogens (primary N) is 1. The number of rotatable bonds is 2. The third-order valence-electron chi connectivity index (χ3n) is 2.94. The van der Waals surface area contributed by atoms with Crippen LogP contribution in [0.4, 0.5) is 0 Å². The first kappa shape index (κ1) is 11.5. The molecule has 1 aliphatic heterocycles. The van der Waals surface area contributed by atoms with Gasteiger partial charge in [0.15, 0.2) is 0 Å². The molecule has 1 fully saturated rings. The summed E-state index contributed by atoms with van der Waals surface area (Å²) in [6, 6.07) is 0.0980. The van der Waals surface area contributed by atoms with Crippen LogP contribution in [0.5, 0.6) is 0 Å². The number of carbonyl (C=O) groups is 1. The fourth-order valence-electron chi connectivity index (χ4n) is 2.09. The first-order valence-electron chi connectivity index (χ1n) is 5.14. The Morgan fingerprint density at radius 3 is 2.43 bits per heavy atom. The summed E-state index contributed by atoms with van der Waals surface area (Å²) >= 11 is 0. The van der Waals surface area contributed by atoms with E-state index in [-0.39, 0.29) is 11.9 Å². The molecule has 0 radical (unpaired) electrons. The molecule has 0 aromatic rings. The zero-order valence-electron chi connectivity index (χ0n) is 9.53. The molecule has 14 heavy (non-hydrogen) atoms. The molecule has 3 atom stereocenters. The van der Waals surface area contributed by atoms with Gasteiger partial charge in [-0.05, 0) is 26.9 Å². The first-order valence-corrected chi connectivity index (χ1v) is 5.14. The lowest BCUT2D eigenvalue weighted by molar-refractivity contribution is -0.131. The van der Waals surface area contributed by atoms with Gasteiger partial charge in [-0.1, -0.05) is 6.92 Å². The van der Waals surface area contributed by atoms with Crippen molar-refractivity contribution in [2.45, 2.75) is 25.9 Å². The van der Waals surface area contributed by atoms with Gasteiger partial charge in [0.2, 0.25) is 5.91 Å². The fraction of sp³-hybridized carbons (Fsp3) is 0.900. The van der Waals surface area contributed by atoms with E-state index in [1.54, 1.807) is 6.92 Å². The van der Waals surface area contributed by atoms with Gasteiger partial charge in [-0.25, -0.2) is 0 Å². The van der Waals surface area contributed by atoms with Gasteiger partial charge >= 0.3 is 0 Å². The first-order chi connectivity index (χ1) is 6.43. The van der Waals surface area contributed by atoms with E-state index in [9.17, 15) is 4.79 Å². The van der Waals surface area contributed by atoms with Crippen LogP contribution in [0, 0.1) is 5.92 Å². The monoisotopic (exact) mass is 199 g/mol. The van der Waals surface area contributed by atoms with Crippen LogP contribution in [0.15, 0.2) is 0 Å². The van der Waals surface area contributed by atoms with Crippen LogP contribution in [0.3, 0.4) is 0 Å². The third kappa shape index (κ3) is 2.25. The van der Waals surface area contributed by atoms with E-state index in [0.29, 0.717) is 12.0 Å². The van der Waals surface area contributed by atoms with E-state index < -0.39 is 0 Å². The van der Waals surface area contributed by atoms with E-state index >= 15 is 0 Å². The van der Waals surface area contributed by atoms with Crippen molar-refractivity contribution in [3.8, 4) is 0 Å². The zero-order valence-corrected chi connectivity index (χ0v) is 9.53. The van der Waals surface area contributed by atoms with Gasteiger partial charge in [0.25, 0.3) is 0 Å². The van der Waals surface area contributed by atoms with Gasteiger partial charge in [-0.3, -0.25) is 4.79 Å². The fourth-order valence-corrected chi connectivity index (χ4v) is 2.09. The summed E-state index contributed by atoms with van der Waals surface area (Å²) in [5, 5.41) is 0. The van der Waals surface area contributed by atoms with Crippen molar-refractivity contribution in [2.24, 2.45) is 11.7 Å². The summed E-state index contributed by atoms with van der Waals surface area (Å²) in [6.45, 7) is 5.58. The molecule has 2 N–H and O–H groups in total.